The molecule has 82 valence electrons. The van der Waals surface area contributed by atoms with E-state index in [4.69, 9.17) is 5.11 Å². The number of urea groups is 1. The third-order valence-corrected chi connectivity index (χ3v) is 2.64. The van der Waals surface area contributed by atoms with Crippen LogP contribution in [0.15, 0.2) is 0 Å². The molecule has 0 saturated heterocycles. The molecular weight excluding hydrogens is 180 g/mol. The summed E-state index contributed by atoms with van der Waals surface area (Å²) in [5.74, 6) is 0. The summed E-state index contributed by atoms with van der Waals surface area (Å²) in [4.78, 5) is 13.4. The molecule has 0 unspecified atom stereocenters. The zero-order valence-corrected chi connectivity index (χ0v) is 8.83. The van der Waals surface area contributed by atoms with Gasteiger partial charge in [0, 0.05) is 19.1 Å². The lowest BCUT2D eigenvalue weighted by Crippen LogP contribution is -2.50. The average Bonchev–Trinajstić information content (AvgIpc) is 2.10. The van der Waals surface area contributed by atoms with Crippen LogP contribution in [-0.4, -0.2) is 41.8 Å². The molecule has 1 fully saturated rings. The van der Waals surface area contributed by atoms with Crippen molar-refractivity contribution in [2.45, 2.75) is 38.6 Å². The van der Waals surface area contributed by atoms with Gasteiger partial charge in [0.15, 0.2) is 0 Å². The minimum absolute atomic E-state index is 0.0226. The Morgan fingerprint density at radius 3 is 2.71 bits per heavy atom. The van der Waals surface area contributed by atoms with Gasteiger partial charge in [-0.05, 0) is 25.7 Å². The van der Waals surface area contributed by atoms with E-state index < -0.39 is 0 Å². The van der Waals surface area contributed by atoms with Crippen LogP contribution in [0, 0.1) is 0 Å². The lowest BCUT2D eigenvalue weighted by molar-refractivity contribution is 0.118. The van der Waals surface area contributed by atoms with Crippen LogP contribution in [0.25, 0.3) is 0 Å². The Hall–Kier alpha value is -0.770. The Morgan fingerprint density at radius 1 is 1.57 bits per heavy atom. The van der Waals surface area contributed by atoms with Gasteiger partial charge in [0.25, 0.3) is 0 Å². The highest BCUT2D eigenvalue weighted by molar-refractivity contribution is 5.74. The average molecular weight is 200 g/mol. The van der Waals surface area contributed by atoms with Crippen molar-refractivity contribution in [1.29, 1.82) is 0 Å². The van der Waals surface area contributed by atoms with Gasteiger partial charge in [-0.2, -0.15) is 0 Å². The molecular formula is C10H20N2O2. The van der Waals surface area contributed by atoms with Crippen molar-refractivity contribution >= 4 is 6.03 Å². The maximum absolute atomic E-state index is 11.6. The highest BCUT2D eigenvalue weighted by Gasteiger charge is 2.27. The summed E-state index contributed by atoms with van der Waals surface area (Å²) in [7, 11) is 0. The highest BCUT2D eigenvalue weighted by atomic mass is 16.3. The van der Waals surface area contributed by atoms with Crippen molar-refractivity contribution in [2.24, 2.45) is 0 Å². The first kappa shape index (κ1) is 11.3. The van der Waals surface area contributed by atoms with Crippen molar-refractivity contribution in [3.63, 3.8) is 0 Å². The number of rotatable bonds is 5. The van der Waals surface area contributed by atoms with Gasteiger partial charge in [-0.3, -0.25) is 0 Å². The van der Waals surface area contributed by atoms with Gasteiger partial charge in [0.05, 0.1) is 6.61 Å². The van der Waals surface area contributed by atoms with Gasteiger partial charge >= 0.3 is 6.03 Å². The highest BCUT2D eigenvalue weighted by Crippen LogP contribution is 2.24. The summed E-state index contributed by atoms with van der Waals surface area (Å²) in [5, 5.41) is 11.7. The van der Waals surface area contributed by atoms with Crippen LogP contribution in [0.1, 0.15) is 32.6 Å². The normalized spacial score (nSPS) is 16.1. The fourth-order valence-electron chi connectivity index (χ4n) is 1.59. The molecule has 0 radical (unpaired) electrons. The van der Waals surface area contributed by atoms with E-state index in [1.54, 1.807) is 4.90 Å². The zero-order valence-electron chi connectivity index (χ0n) is 8.83. The van der Waals surface area contributed by atoms with Gasteiger partial charge in [-0.15, -0.1) is 0 Å². The Bertz CT molecular complexity index is 181. The molecule has 4 nitrogen and oxygen atoms in total. The van der Waals surface area contributed by atoms with E-state index in [0.717, 1.165) is 19.3 Å². The van der Waals surface area contributed by atoms with E-state index in [0.29, 0.717) is 19.1 Å². The Balaban J connectivity index is 2.35. The van der Waals surface area contributed by atoms with Crippen LogP contribution in [0.5, 0.6) is 0 Å². The Labute approximate surface area is 85.3 Å². The zero-order chi connectivity index (χ0) is 10.4. The molecule has 0 spiro atoms. The van der Waals surface area contributed by atoms with Gasteiger partial charge < -0.3 is 15.3 Å². The van der Waals surface area contributed by atoms with Gasteiger partial charge in [-0.1, -0.05) is 6.92 Å². The quantitative estimate of drug-likeness (QED) is 0.694. The smallest absolute Gasteiger partial charge is 0.317 e. The topological polar surface area (TPSA) is 52.6 Å². The maximum Gasteiger partial charge on any atom is 0.317 e. The van der Waals surface area contributed by atoms with Crippen molar-refractivity contribution in [1.82, 2.24) is 10.2 Å². The van der Waals surface area contributed by atoms with Gasteiger partial charge in [-0.25, -0.2) is 4.79 Å². The number of carbonyl (C=O) groups excluding carboxylic acids is 1. The molecule has 0 bridgehead atoms. The van der Waals surface area contributed by atoms with Crippen LogP contribution in [0.4, 0.5) is 4.79 Å². The summed E-state index contributed by atoms with van der Waals surface area (Å²) in [6, 6.07) is 0.338. The van der Waals surface area contributed by atoms with E-state index in [1.807, 2.05) is 6.92 Å². The fourth-order valence-corrected chi connectivity index (χ4v) is 1.59. The van der Waals surface area contributed by atoms with E-state index in [-0.39, 0.29) is 12.6 Å². The maximum atomic E-state index is 11.6. The van der Waals surface area contributed by atoms with E-state index in [2.05, 4.69) is 5.32 Å². The fraction of sp³-hybridized carbons (Fsp3) is 0.900. The molecule has 4 heteroatoms. The number of carbonyl (C=O) groups is 1. The lowest BCUT2D eigenvalue weighted by atomic mass is 9.92. The summed E-state index contributed by atoms with van der Waals surface area (Å²) in [6.07, 6.45) is 4.32. The molecule has 2 amide bonds. The molecule has 1 aliphatic rings. The minimum atomic E-state index is -0.0226. The molecule has 1 saturated carbocycles. The number of aliphatic hydroxyl groups excluding tert-OH is 1. The van der Waals surface area contributed by atoms with E-state index in [9.17, 15) is 4.79 Å². The largest absolute Gasteiger partial charge is 0.395 e. The molecule has 1 rings (SSSR count). The van der Waals surface area contributed by atoms with Crippen molar-refractivity contribution in [3.8, 4) is 0 Å². The molecule has 0 atom stereocenters. The minimum Gasteiger partial charge on any atom is -0.395 e. The SMILES string of the molecule is CCCNC(=O)N(CCO)C1CCC1. The molecule has 0 aliphatic heterocycles. The monoisotopic (exact) mass is 200 g/mol. The second-order valence-corrected chi connectivity index (χ2v) is 3.73. The second-order valence-electron chi connectivity index (χ2n) is 3.73. The molecule has 0 aromatic heterocycles. The van der Waals surface area contributed by atoms with Gasteiger partial charge in [0.2, 0.25) is 0 Å². The van der Waals surface area contributed by atoms with Crippen LogP contribution >= 0.6 is 0 Å². The van der Waals surface area contributed by atoms with Gasteiger partial charge in [0.1, 0.15) is 0 Å². The summed E-state index contributed by atoms with van der Waals surface area (Å²) in [6.45, 7) is 3.25. The number of hydrogen-bond acceptors (Lipinski definition) is 2. The molecule has 0 aromatic carbocycles. The van der Waals surface area contributed by atoms with Crippen LogP contribution < -0.4 is 5.32 Å². The number of nitrogens with one attached hydrogen (secondary N) is 1. The van der Waals surface area contributed by atoms with Crippen LogP contribution in [0.3, 0.4) is 0 Å². The predicted octanol–water partition coefficient (Wildman–Crippen LogP) is 0.953. The number of nitrogens with zero attached hydrogens (tertiary/aromatic N) is 1. The molecule has 0 aromatic rings. The molecule has 0 heterocycles. The first-order valence-electron chi connectivity index (χ1n) is 5.45. The van der Waals surface area contributed by atoms with Crippen molar-refractivity contribution < 1.29 is 9.90 Å². The third kappa shape index (κ3) is 2.87. The van der Waals surface area contributed by atoms with Crippen LogP contribution in [-0.2, 0) is 0 Å². The summed E-state index contributed by atoms with van der Waals surface area (Å²) in [5.41, 5.74) is 0. The van der Waals surface area contributed by atoms with Crippen molar-refractivity contribution in [3.05, 3.63) is 0 Å². The summed E-state index contributed by atoms with van der Waals surface area (Å²) < 4.78 is 0. The van der Waals surface area contributed by atoms with E-state index in [1.165, 1.54) is 6.42 Å². The molecule has 14 heavy (non-hydrogen) atoms. The number of hydrogen-bond donors (Lipinski definition) is 2. The Morgan fingerprint density at radius 2 is 2.29 bits per heavy atom. The molecule has 1 aliphatic carbocycles. The predicted molar refractivity (Wildman–Crippen MR) is 55.1 cm³/mol. The Kier molecular flexibility index (Phi) is 4.73. The second kappa shape index (κ2) is 5.86. The first-order valence-corrected chi connectivity index (χ1v) is 5.45. The number of aliphatic hydroxyl groups is 1. The molecule has 2 N–H and O–H groups in total. The standard InChI is InChI=1S/C10H20N2O2/c1-2-6-11-10(14)12(7-8-13)9-4-3-5-9/h9,13H,2-8H2,1H3,(H,11,14). The lowest BCUT2D eigenvalue weighted by Gasteiger charge is -2.37. The first-order chi connectivity index (χ1) is 6.79. The van der Waals surface area contributed by atoms with Crippen LogP contribution in [0.2, 0.25) is 0 Å². The third-order valence-electron chi connectivity index (χ3n) is 2.64. The van der Waals surface area contributed by atoms with Crippen molar-refractivity contribution in [2.75, 3.05) is 19.7 Å². The number of amides is 2. The van der Waals surface area contributed by atoms with E-state index >= 15 is 0 Å². The summed E-state index contributed by atoms with van der Waals surface area (Å²) >= 11 is 0.